The van der Waals surface area contributed by atoms with Crippen LogP contribution in [-0.2, 0) is 31.3 Å². The molecule has 15 nitrogen and oxygen atoms in total. The lowest BCUT2D eigenvalue weighted by Gasteiger charge is -2.64. The zero-order valence-corrected chi connectivity index (χ0v) is 37.0. The van der Waals surface area contributed by atoms with E-state index < -0.39 is 115 Å². The third-order valence-electron chi connectivity index (χ3n) is 14.5. The third-order valence-corrected chi connectivity index (χ3v) is 16.0. The third kappa shape index (κ3) is 8.59. The van der Waals surface area contributed by atoms with Gasteiger partial charge in [0, 0.05) is 40.3 Å². The van der Waals surface area contributed by atoms with Gasteiger partial charge in [-0.25, -0.2) is 9.18 Å². The van der Waals surface area contributed by atoms with Crippen molar-refractivity contribution in [2.45, 2.75) is 108 Å². The molecule has 23 heteroatoms. The van der Waals surface area contributed by atoms with Gasteiger partial charge >= 0.3 is 29.9 Å². The van der Waals surface area contributed by atoms with E-state index in [1.807, 2.05) is 13.8 Å². The number of rotatable bonds is 8. The van der Waals surface area contributed by atoms with Crippen molar-refractivity contribution in [3.05, 3.63) is 75.9 Å². The van der Waals surface area contributed by atoms with Crippen LogP contribution in [0.4, 0.5) is 36.7 Å². The Morgan fingerprint density at radius 3 is 2.34 bits per heavy atom. The molecule has 4 fully saturated rings. The number of aliphatic carboxylic acids is 1. The number of nitrogens with zero attached hydrogens (tertiary/aromatic N) is 4. The molecule has 0 radical (unpaired) electrons. The number of benzene rings is 1. The molecule has 9 rings (SSSR count). The Bertz CT molecular complexity index is 2700. The van der Waals surface area contributed by atoms with Crippen molar-refractivity contribution in [2.75, 3.05) is 11.5 Å². The van der Waals surface area contributed by atoms with Crippen LogP contribution in [0.25, 0.3) is 17.0 Å². The number of hydrogen-bond acceptors (Lipinski definition) is 13. The molecule has 0 amide bonds. The van der Waals surface area contributed by atoms with E-state index in [0.717, 1.165) is 18.9 Å². The molecule has 362 valence electrons. The summed E-state index contributed by atoms with van der Waals surface area (Å²) < 4.78 is 119. The first kappa shape index (κ1) is 48.1. The van der Waals surface area contributed by atoms with Crippen LogP contribution in [0.15, 0.2) is 56.8 Å². The largest absolute Gasteiger partial charge is 0.486 e. The fourth-order valence-electron chi connectivity index (χ4n) is 10.9. The summed E-state index contributed by atoms with van der Waals surface area (Å²) in [5.74, 6) is -7.35. The molecule has 0 spiro atoms. The minimum atomic E-state index is -4.96. The van der Waals surface area contributed by atoms with Crippen LogP contribution in [0.1, 0.15) is 82.4 Å². The average Bonchev–Trinajstić information content (AvgIpc) is 4.17. The molecule has 4 heterocycles. The minimum absolute atomic E-state index is 0.0174. The van der Waals surface area contributed by atoms with Crippen molar-refractivity contribution in [3.63, 3.8) is 0 Å². The summed E-state index contributed by atoms with van der Waals surface area (Å²) in [7, 11) is -2.59. The number of anilines is 1. The first-order valence-electron chi connectivity index (χ1n) is 21.3. The SMILES string of the molecule is CC1(C(=O)O)CC1C1(C)[C@@H](OC(=O)C2CC2)CC[C@]2(C)[C@@H]3C(Oc4cc(-c5cccnc5)oc(=O)c4[C@H]3O)C(O)C[C@@H]12.Cc1cc(F)c(-n2nc(C(F)(F)F)nc2N)cc1S(=O)CC(F)(F)F. The normalized spacial score (nSPS) is 31.4. The zero-order valence-electron chi connectivity index (χ0n) is 36.2. The number of aliphatic hydroxyl groups is 2. The number of ether oxygens (including phenoxy) is 2. The number of carboxylic acids is 1. The lowest BCUT2D eigenvalue weighted by Crippen LogP contribution is -2.66. The summed E-state index contributed by atoms with van der Waals surface area (Å²) in [5.41, 5.74) is 1.98. The van der Waals surface area contributed by atoms with Gasteiger partial charge in [0.15, 0.2) is 0 Å². The van der Waals surface area contributed by atoms with Crippen molar-refractivity contribution in [1.82, 2.24) is 19.7 Å². The van der Waals surface area contributed by atoms with E-state index in [9.17, 15) is 64.6 Å². The van der Waals surface area contributed by atoms with E-state index in [4.69, 9.17) is 19.6 Å². The topological polar surface area (TPSA) is 230 Å². The molecule has 1 aliphatic heterocycles. The van der Waals surface area contributed by atoms with Gasteiger partial charge < -0.3 is 34.9 Å². The van der Waals surface area contributed by atoms with Crippen LogP contribution in [0, 0.1) is 52.7 Å². The van der Waals surface area contributed by atoms with Gasteiger partial charge in [-0.15, -0.1) is 5.10 Å². The summed E-state index contributed by atoms with van der Waals surface area (Å²) in [4.78, 5) is 45.2. The molecule has 67 heavy (non-hydrogen) atoms. The number of esters is 1. The zero-order chi connectivity index (χ0) is 48.9. The number of nitrogens with two attached hydrogens (primary N) is 1. The van der Waals surface area contributed by atoms with Gasteiger partial charge in [-0.2, -0.15) is 36.0 Å². The summed E-state index contributed by atoms with van der Waals surface area (Å²) in [6, 6.07) is 6.47. The van der Waals surface area contributed by atoms with Crippen LogP contribution >= 0.6 is 0 Å². The van der Waals surface area contributed by atoms with Crippen molar-refractivity contribution in [3.8, 4) is 22.8 Å². The summed E-state index contributed by atoms with van der Waals surface area (Å²) in [6.07, 6.45) is -6.75. The molecule has 0 bridgehead atoms. The Hall–Kier alpha value is -5.42. The maximum absolute atomic E-state index is 14.1. The second-order valence-corrected chi connectivity index (χ2v) is 20.2. The second-order valence-electron chi connectivity index (χ2n) is 18.8. The molecule has 5 N–H and O–H groups in total. The van der Waals surface area contributed by atoms with Gasteiger partial charge in [-0.1, -0.05) is 13.8 Å². The monoisotopic (exact) mass is 969 g/mol. The number of alkyl halides is 6. The lowest BCUT2D eigenvalue weighted by atomic mass is 9.43. The van der Waals surface area contributed by atoms with Gasteiger partial charge in [0.25, 0.3) is 5.82 Å². The smallest absolute Gasteiger partial charge is 0.453 e. The van der Waals surface area contributed by atoms with Crippen molar-refractivity contribution in [1.29, 1.82) is 0 Å². The van der Waals surface area contributed by atoms with E-state index in [2.05, 4.69) is 15.1 Å². The van der Waals surface area contributed by atoms with E-state index in [1.54, 1.807) is 37.5 Å². The maximum atomic E-state index is 14.1. The Morgan fingerprint density at radius 1 is 1.06 bits per heavy atom. The first-order valence-corrected chi connectivity index (χ1v) is 22.6. The average molecular weight is 970 g/mol. The summed E-state index contributed by atoms with van der Waals surface area (Å²) >= 11 is 0. The highest BCUT2D eigenvalue weighted by molar-refractivity contribution is 7.85. The standard InChI is InChI=1S/C32H37NO9.C12H9F7N4OS/c1-30-9-8-22(42-27(36)15-6-7-15)32(3,21-13-31(21,2)29(38)39)20(30)11-17(34)26-24(30)25(35)23-19(40-26)12-18(41-28(23)37)16-5-4-10-33-14-16;1-5-2-6(13)7(3-8(5)25(24)4-11(14,15)16)23-10(20)21-9(22-23)12(17,18)19/h4-5,10,12,14-15,17,20-22,24-26,34-35H,6-9,11,13H2,1-3H3,(H,38,39);2-3H,4H2,1H3,(H2,20,21,22)/t17?,20-,21?,22+,24+,25-,26?,30+,31?,32?;/m1./s1. The van der Waals surface area contributed by atoms with E-state index in [-0.39, 0.29) is 57.5 Å². The number of aryl methyl sites for hydroxylation is 1. The number of fused-ring (bicyclic) bond motifs is 4. The number of carbonyl (C=O) groups is 2. The molecule has 11 atom stereocenters. The predicted octanol–water partition coefficient (Wildman–Crippen LogP) is 6.72. The number of halogens is 7. The maximum Gasteiger partial charge on any atom is 0.453 e. The van der Waals surface area contributed by atoms with Crippen LogP contribution in [0.5, 0.6) is 5.75 Å². The van der Waals surface area contributed by atoms with Crippen LogP contribution in [0.3, 0.4) is 0 Å². The highest BCUT2D eigenvalue weighted by atomic mass is 32.2. The van der Waals surface area contributed by atoms with E-state index >= 15 is 0 Å². The van der Waals surface area contributed by atoms with Gasteiger partial charge in [0.05, 0.1) is 34.3 Å². The molecule has 3 aromatic heterocycles. The van der Waals surface area contributed by atoms with Crippen molar-refractivity contribution >= 4 is 28.7 Å². The van der Waals surface area contributed by atoms with Gasteiger partial charge in [0.1, 0.15) is 46.5 Å². The quantitative estimate of drug-likeness (QED) is 0.106. The number of pyridine rings is 1. The van der Waals surface area contributed by atoms with Crippen molar-refractivity contribution in [2.24, 2.45) is 39.9 Å². The summed E-state index contributed by atoms with van der Waals surface area (Å²) in [5, 5.41) is 36.6. The molecule has 4 aromatic rings. The Balaban J connectivity index is 0.000000209. The fourth-order valence-corrected chi connectivity index (χ4v) is 12.0. The van der Waals surface area contributed by atoms with Crippen LogP contribution in [0.2, 0.25) is 0 Å². The predicted molar refractivity (Wildman–Crippen MR) is 220 cm³/mol. The van der Waals surface area contributed by atoms with E-state index in [0.29, 0.717) is 30.9 Å². The highest BCUT2D eigenvalue weighted by Crippen LogP contribution is 2.73. The molecule has 5 aliphatic rings. The first-order chi connectivity index (χ1) is 31.2. The van der Waals surface area contributed by atoms with Crippen LogP contribution in [-0.4, -0.2) is 81.5 Å². The van der Waals surface area contributed by atoms with Crippen molar-refractivity contribution < 1.29 is 73.7 Å². The molecule has 1 aromatic carbocycles. The number of carbonyl (C=O) groups excluding carboxylic acids is 1. The molecule has 0 saturated heterocycles. The molecule has 4 saturated carbocycles. The van der Waals surface area contributed by atoms with Gasteiger partial charge in [0.2, 0.25) is 5.95 Å². The minimum Gasteiger partial charge on any atom is -0.486 e. The summed E-state index contributed by atoms with van der Waals surface area (Å²) in [6.45, 7) is 6.99. The molecule has 4 aliphatic carbocycles. The van der Waals surface area contributed by atoms with Crippen LogP contribution < -0.4 is 16.1 Å². The molecule has 6 unspecified atom stereocenters. The Labute approximate surface area is 379 Å². The molecular formula is C44H46F7N5O10S. The fraction of sp³-hybridized carbons (Fsp3) is 0.545. The van der Waals surface area contributed by atoms with E-state index in [1.165, 1.54) is 6.92 Å². The lowest BCUT2D eigenvalue weighted by molar-refractivity contribution is -0.238. The number of carboxylic acid groups (broad SMARTS) is 1. The Morgan fingerprint density at radius 2 is 1.76 bits per heavy atom. The number of hydrogen-bond donors (Lipinski definition) is 4. The molecular weight excluding hydrogens is 924 g/mol. The Kier molecular flexibility index (Phi) is 12.0. The number of aliphatic hydroxyl groups excluding tert-OH is 2. The number of aromatic nitrogens is 4. The highest BCUT2D eigenvalue weighted by Gasteiger charge is 2.74. The number of nitrogen functional groups attached to an aromatic ring is 1. The van der Waals surface area contributed by atoms with Gasteiger partial charge in [-0.3, -0.25) is 18.8 Å². The van der Waals surface area contributed by atoms with Gasteiger partial charge in [-0.05, 0) is 99.5 Å². The second kappa shape index (κ2) is 16.7.